The average Bonchev–Trinajstić information content (AvgIpc) is 2.72. The molecule has 1 aliphatic heterocycles. The molecule has 0 radical (unpaired) electrons. The lowest BCUT2D eigenvalue weighted by atomic mass is 9.81. The van der Waals surface area contributed by atoms with Gasteiger partial charge in [0, 0.05) is 56.7 Å². The van der Waals surface area contributed by atoms with Gasteiger partial charge in [0.2, 0.25) is 5.91 Å². The van der Waals surface area contributed by atoms with Crippen molar-refractivity contribution < 1.29 is 14.3 Å². The molecule has 160 valence electrons. The third-order valence-corrected chi connectivity index (χ3v) is 5.75. The molecule has 2 fully saturated rings. The van der Waals surface area contributed by atoms with E-state index in [1.807, 2.05) is 50.2 Å². The number of piperazine rings is 1. The van der Waals surface area contributed by atoms with Crippen molar-refractivity contribution in [1.29, 1.82) is 0 Å². The standard InChI is InChI=1S/C22H34N4O3/c1-22(2,3)29-21(28)24-16-17-4-6-18(7-5-17)20(27)26-14-12-25(13-15-26)19-8-10-23-11-9-19/h8-11,17-18H,4-7,12-16H2,1-3H3,(H,24,28)/t17-,18-. The predicted octanol–water partition coefficient (Wildman–Crippen LogP) is 3.06. The maximum Gasteiger partial charge on any atom is 0.407 e. The van der Waals surface area contributed by atoms with E-state index in [1.165, 1.54) is 5.69 Å². The molecule has 1 aromatic rings. The molecule has 2 amide bonds. The average molecular weight is 403 g/mol. The van der Waals surface area contributed by atoms with Gasteiger partial charge >= 0.3 is 6.09 Å². The number of hydrogen-bond donors (Lipinski definition) is 1. The number of ether oxygens (including phenoxy) is 1. The molecule has 1 saturated heterocycles. The van der Waals surface area contributed by atoms with Crippen molar-refractivity contribution in [3.8, 4) is 0 Å². The van der Waals surface area contributed by atoms with Gasteiger partial charge in [-0.15, -0.1) is 0 Å². The molecule has 1 aliphatic carbocycles. The van der Waals surface area contributed by atoms with Gasteiger partial charge in [0.15, 0.2) is 0 Å². The highest BCUT2D eigenvalue weighted by atomic mass is 16.6. The zero-order valence-electron chi connectivity index (χ0n) is 17.9. The maximum absolute atomic E-state index is 12.9. The van der Waals surface area contributed by atoms with Crippen LogP contribution in [-0.4, -0.2) is 60.2 Å². The van der Waals surface area contributed by atoms with Crippen LogP contribution in [0.5, 0.6) is 0 Å². The smallest absolute Gasteiger partial charge is 0.407 e. The monoisotopic (exact) mass is 402 g/mol. The van der Waals surface area contributed by atoms with Crippen LogP contribution in [0.15, 0.2) is 24.5 Å². The van der Waals surface area contributed by atoms with Gasteiger partial charge in [-0.05, 0) is 64.5 Å². The third-order valence-electron chi connectivity index (χ3n) is 5.75. The number of pyridine rings is 1. The second-order valence-electron chi connectivity index (χ2n) is 9.12. The van der Waals surface area contributed by atoms with Crippen LogP contribution < -0.4 is 10.2 Å². The number of nitrogens with one attached hydrogen (secondary N) is 1. The predicted molar refractivity (Wildman–Crippen MR) is 113 cm³/mol. The Morgan fingerprint density at radius 1 is 1.07 bits per heavy atom. The van der Waals surface area contributed by atoms with Crippen molar-refractivity contribution in [3.63, 3.8) is 0 Å². The van der Waals surface area contributed by atoms with Gasteiger partial charge < -0.3 is 19.9 Å². The van der Waals surface area contributed by atoms with Gasteiger partial charge in [0.1, 0.15) is 5.60 Å². The van der Waals surface area contributed by atoms with Crippen LogP contribution in [0.1, 0.15) is 46.5 Å². The lowest BCUT2D eigenvalue weighted by Gasteiger charge is -2.38. The lowest BCUT2D eigenvalue weighted by Crippen LogP contribution is -2.50. The van der Waals surface area contributed by atoms with Crippen LogP contribution in [0.3, 0.4) is 0 Å². The molecule has 7 nitrogen and oxygen atoms in total. The number of amides is 2. The molecule has 7 heteroatoms. The van der Waals surface area contributed by atoms with Crippen LogP contribution in [-0.2, 0) is 9.53 Å². The summed E-state index contributed by atoms with van der Waals surface area (Å²) in [5.41, 5.74) is 0.695. The molecular formula is C22H34N4O3. The SMILES string of the molecule is CC(C)(C)OC(=O)NC[C@H]1CC[C@H](C(=O)N2CCN(c3ccncc3)CC2)CC1. The summed E-state index contributed by atoms with van der Waals surface area (Å²) in [5.74, 6) is 0.855. The van der Waals surface area contributed by atoms with Crippen molar-refractivity contribution >= 4 is 17.7 Å². The number of carbonyl (C=O) groups excluding carboxylic acids is 2. The molecular weight excluding hydrogens is 368 g/mol. The molecule has 0 spiro atoms. The number of anilines is 1. The number of hydrogen-bond acceptors (Lipinski definition) is 5. The molecule has 2 aliphatic rings. The molecule has 0 atom stereocenters. The lowest BCUT2D eigenvalue weighted by molar-refractivity contribution is -0.137. The third kappa shape index (κ3) is 6.34. The van der Waals surface area contributed by atoms with E-state index in [2.05, 4.69) is 15.2 Å². The van der Waals surface area contributed by atoms with E-state index in [4.69, 9.17) is 4.74 Å². The van der Waals surface area contributed by atoms with Crippen molar-refractivity contribution in [1.82, 2.24) is 15.2 Å². The number of aromatic nitrogens is 1. The first-order valence-electron chi connectivity index (χ1n) is 10.7. The largest absolute Gasteiger partial charge is 0.444 e. The molecule has 3 rings (SSSR count). The first-order chi connectivity index (χ1) is 13.8. The Kier molecular flexibility index (Phi) is 6.98. The van der Waals surface area contributed by atoms with E-state index in [1.54, 1.807) is 0 Å². The van der Waals surface area contributed by atoms with Gasteiger partial charge in [-0.25, -0.2) is 4.79 Å². The summed E-state index contributed by atoms with van der Waals surface area (Å²) < 4.78 is 5.29. The summed E-state index contributed by atoms with van der Waals surface area (Å²) in [4.78, 5) is 33.1. The number of carbonyl (C=O) groups is 2. The maximum atomic E-state index is 12.9. The summed E-state index contributed by atoms with van der Waals surface area (Å²) in [6.07, 6.45) is 7.02. The van der Waals surface area contributed by atoms with Crippen molar-refractivity contribution in [2.75, 3.05) is 37.6 Å². The Balaban J connectivity index is 1.38. The topological polar surface area (TPSA) is 74.8 Å². The molecule has 1 N–H and O–H groups in total. The fourth-order valence-corrected chi connectivity index (χ4v) is 4.15. The number of rotatable bonds is 4. The second-order valence-corrected chi connectivity index (χ2v) is 9.12. The van der Waals surface area contributed by atoms with Gasteiger partial charge in [0.25, 0.3) is 0 Å². The van der Waals surface area contributed by atoms with Gasteiger partial charge in [-0.3, -0.25) is 9.78 Å². The highest BCUT2D eigenvalue weighted by Gasteiger charge is 2.31. The van der Waals surface area contributed by atoms with E-state index >= 15 is 0 Å². The first kappa shape index (κ1) is 21.4. The minimum atomic E-state index is -0.477. The van der Waals surface area contributed by atoms with E-state index in [-0.39, 0.29) is 12.0 Å². The number of nitrogens with zero attached hydrogens (tertiary/aromatic N) is 3. The van der Waals surface area contributed by atoms with Crippen LogP contribution in [0.2, 0.25) is 0 Å². The quantitative estimate of drug-likeness (QED) is 0.838. The number of alkyl carbamates (subject to hydrolysis) is 1. The van der Waals surface area contributed by atoms with E-state index < -0.39 is 5.60 Å². The molecule has 29 heavy (non-hydrogen) atoms. The molecule has 2 heterocycles. The van der Waals surface area contributed by atoms with Gasteiger partial charge in [-0.2, -0.15) is 0 Å². The van der Waals surface area contributed by atoms with Crippen molar-refractivity contribution in [3.05, 3.63) is 24.5 Å². The first-order valence-corrected chi connectivity index (χ1v) is 10.7. The normalized spacial score (nSPS) is 22.9. The van der Waals surface area contributed by atoms with Crippen LogP contribution in [0.4, 0.5) is 10.5 Å². The van der Waals surface area contributed by atoms with Crippen LogP contribution >= 0.6 is 0 Å². The van der Waals surface area contributed by atoms with Crippen molar-refractivity contribution in [2.45, 2.75) is 52.1 Å². The second kappa shape index (κ2) is 9.46. The Morgan fingerprint density at radius 3 is 2.28 bits per heavy atom. The Bertz CT molecular complexity index is 673. The van der Waals surface area contributed by atoms with Gasteiger partial charge in [0.05, 0.1) is 0 Å². The Labute approximate surface area is 173 Å². The zero-order valence-corrected chi connectivity index (χ0v) is 17.9. The molecule has 0 unspecified atom stereocenters. The molecule has 1 aromatic heterocycles. The minimum absolute atomic E-state index is 0.125. The molecule has 1 saturated carbocycles. The minimum Gasteiger partial charge on any atom is -0.444 e. The summed E-state index contributed by atoms with van der Waals surface area (Å²) >= 11 is 0. The molecule has 0 aromatic carbocycles. The fourth-order valence-electron chi connectivity index (χ4n) is 4.15. The summed E-state index contributed by atoms with van der Waals surface area (Å²) in [7, 11) is 0. The Morgan fingerprint density at radius 2 is 1.69 bits per heavy atom. The molecule has 0 bridgehead atoms. The summed E-state index contributed by atoms with van der Waals surface area (Å²) in [6.45, 7) is 9.50. The van der Waals surface area contributed by atoms with Crippen molar-refractivity contribution in [2.24, 2.45) is 11.8 Å². The fraction of sp³-hybridized carbons (Fsp3) is 0.682. The summed E-state index contributed by atoms with van der Waals surface area (Å²) in [6, 6.07) is 4.04. The van der Waals surface area contributed by atoms with E-state index in [0.717, 1.165) is 51.9 Å². The van der Waals surface area contributed by atoms with E-state index in [0.29, 0.717) is 18.4 Å². The Hall–Kier alpha value is -2.31. The van der Waals surface area contributed by atoms with Crippen LogP contribution in [0.25, 0.3) is 0 Å². The summed E-state index contributed by atoms with van der Waals surface area (Å²) in [5, 5.41) is 2.87. The van der Waals surface area contributed by atoms with E-state index in [9.17, 15) is 9.59 Å². The van der Waals surface area contributed by atoms with Crippen LogP contribution in [0, 0.1) is 11.8 Å². The zero-order chi connectivity index (χ0) is 20.9. The van der Waals surface area contributed by atoms with Gasteiger partial charge in [-0.1, -0.05) is 0 Å². The highest BCUT2D eigenvalue weighted by Crippen LogP contribution is 2.30. The highest BCUT2D eigenvalue weighted by molar-refractivity contribution is 5.79.